The van der Waals surface area contributed by atoms with Gasteiger partial charge in [-0.3, -0.25) is 0 Å². The van der Waals surface area contributed by atoms with Crippen LogP contribution in [-0.4, -0.2) is 11.3 Å². The molecule has 0 amide bonds. The van der Waals surface area contributed by atoms with Crippen molar-refractivity contribution < 1.29 is 5.11 Å². The molecule has 0 aromatic heterocycles. The van der Waals surface area contributed by atoms with Crippen molar-refractivity contribution in [2.45, 2.75) is 6.92 Å². The second kappa shape index (κ2) is 2.30. The zero-order chi connectivity index (χ0) is 4.28. The van der Waals surface area contributed by atoms with Crippen LogP contribution in [0.2, 0.25) is 0 Å². The minimum absolute atomic E-state index is 0.171. The summed E-state index contributed by atoms with van der Waals surface area (Å²) < 4.78 is 0. The van der Waals surface area contributed by atoms with Crippen molar-refractivity contribution in [1.82, 2.24) is 0 Å². The van der Waals surface area contributed by atoms with E-state index in [9.17, 15) is 5.11 Å². The van der Waals surface area contributed by atoms with Crippen molar-refractivity contribution in [3.05, 3.63) is 0 Å². The minimum atomic E-state index is 0.171. The van der Waals surface area contributed by atoms with Gasteiger partial charge < -0.3 is 5.11 Å². The molecule has 1 nitrogen and oxygen atoms in total. The van der Waals surface area contributed by atoms with E-state index in [0.29, 0.717) is 0 Å². The molecule has 0 rings (SSSR count). The molecule has 0 aliphatic rings. The fourth-order valence-electron chi connectivity index (χ4n) is 0. The molecule has 31 valence electrons. The van der Waals surface area contributed by atoms with E-state index in [1.165, 1.54) is 11.4 Å². The van der Waals surface area contributed by atoms with Crippen LogP contribution in [0.1, 0.15) is 6.92 Å². The molecule has 2 heteroatoms. The lowest BCUT2D eigenvalue weighted by Gasteiger charge is -1.94. The van der Waals surface area contributed by atoms with Crippen LogP contribution in [0.25, 0.3) is 0 Å². The zero-order valence-corrected chi connectivity index (χ0v) is 4.13. The van der Waals surface area contributed by atoms with Gasteiger partial charge in [-0.15, -0.1) is 5.05 Å². The molecule has 0 fully saturated rings. The van der Waals surface area contributed by atoms with Gasteiger partial charge in [-0.1, -0.05) is 6.92 Å². The highest BCUT2D eigenvalue weighted by molar-refractivity contribution is 7.97. The maximum atomic E-state index is 9.78. The van der Waals surface area contributed by atoms with Crippen LogP contribution in [0.3, 0.4) is 0 Å². The van der Waals surface area contributed by atoms with Crippen LogP contribution in [0.4, 0.5) is 0 Å². The van der Waals surface area contributed by atoms with Gasteiger partial charge in [-0.05, 0) is 6.26 Å². The molecule has 1 radical (unpaired) electrons. The Bertz CT molecular complexity index is 44.9. The third-order valence-corrected chi connectivity index (χ3v) is 0.862. The summed E-state index contributed by atoms with van der Waals surface area (Å²) >= 11 is 1.24. The number of rotatable bonds is 0. The van der Waals surface area contributed by atoms with Gasteiger partial charge in [0.05, 0.1) is 0 Å². The second-order valence-corrected chi connectivity index (χ2v) is 1.68. The van der Waals surface area contributed by atoms with Gasteiger partial charge >= 0.3 is 0 Å². The summed E-state index contributed by atoms with van der Waals surface area (Å²) in [5.41, 5.74) is 0. The van der Waals surface area contributed by atoms with E-state index < -0.39 is 0 Å². The fourth-order valence-corrected chi connectivity index (χ4v) is 0. The van der Waals surface area contributed by atoms with Crippen molar-refractivity contribution in [3.63, 3.8) is 0 Å². The predicted molar refractivity (Wildman–Crippen MR) is 24.2 cm³/mol. The van der Waals surface area contributed by atoms with Crippen molar-refractivity contribution >= 4 is 16.4 Å². The van der Waals surface area contributed by atoms with Gasteiger partial charge in [0.2, 0.25) is 0 Å². The molecule has 0 spiro atoms. The molecule has 0 heterocycles. The summed E-state index contributed by atoms with van der Waals surface area (Å²) in [4.78, 5) is 0. The third-order valence-electron chi connectivity index (χ3n) is 0.287. The average molecular weight is 90.1 g/mol. The summed E-state index contributed by atoms with van der Waals surface area (Å²) in [5.74, 6) is 0. The molecule has 0 aromatic rings. The Kier molecular flexibility index (Phi) is 2.32. The molecule has 0 atom stereocenters. The van der Waals surface area contributed by atoms with E-state index in [4.69, 9.17) is 0 Å². The summed E-state index contributed by atoms with van der Waals surface area (Å²) in [6.45, 7) is 1.55. The molecule has 0 saturated carbocycles. The fraction of sp³-hybridized carbons (Fsp3) is 0.667. The molecular formula is C3H6OS-. The van der Waals surface area contributed by atoms with E-state index in [2.05, 4.69) is 0 Å². The lowest BCUT2D eigenvalue weighted by atomic mass is 10.9. The Morgan fingerprint density at radius 1 is 1.80 bits per heavy atom. The third kappa shape index (κ3) is 4.05. The molecular weight excluding hydrogens is 84.1 g/mol. The SMILES string of the molecule is C[S]=C(C)[O-]. The van der Waals surface area contributed by atoms with Gasteiger partial charge in [0.25, 0.3) is 0 Å². The Hall–Kier alpha value is 0.0500. The summed E-state index contributed by atoms with van der Waals surface area (Å²) in [7, 11) is 0. The van der Waals surface area contributed by atoms with E-state index in [-0.39, 0.29) is 5.05 Å². The Balaban J connectivity index is 3.14. The van der Waals surface area contributed by atoms with Crippen LogP contribution in [0.15, 0.2) is 0 Å². The number of hydrogen-bond donors (Lipinski definition) is 0. The maximum Gasteiger partial charge on any atom is -0.00271 e. The second-order valence-electron chi connectivity index (χ2n) is 0.696. The first-order chi connectivity index (χ1) is 2.27. The molecule has 0 aliphatic heterocycles. The topological polar surface area (TPSA) is 23.1 Å². The molecule has 0 bridgehead atoms. The van der Waals surface area contributed by atoms with Crippen molar-refractivity contribution in [2.75, 3.05) is 6.26 Å². The summed E-state index contributed by atoms with van der Waals surface area (Å²) in [6.07, 6.45) is 1.77. The quantitative estimate of drug-likeness (QED) is 0.380. The predicted octanol–water partition coefficient (Wildman–Crippen LogP) is -0.141. The van der Waals surface area contributed by atoms with E-state index >= 15 is 0 Å². The van der Waals surface area contributed by atoms with Crippen LogP contribution in [0.5, 0.6) is 0 Å². The van der Waals surface area contributed by atoms with Gasteiger partial charge in [0, 0.05) is 0 Å². The highest BCUT2D eigenvalue weighted by Crippen LogP contribution is 1.69. The van der Waals surface area contributed by atoms with Crippen LogP contribution < -0.4 is 5.11 Å². The number of hydrogen-bond acceptors (Lipinski definition) is 1. The molecule has 0 aromatic carbocycles. The zero-order valence-electron chi connectivity index (χ0n) is 3.32. The molecule has 5 heavy (non-hydrogen) atoms. The van der Waals surface area contributed by atoms with Crippen molar-refractivity contribution in [2.24, 2.45) is 0 Å². The monoisotopic (exact) mass is 90.0 g/mol. The van der Waals surface area contributed by atoms with Crippen LogP contribution in [-0.2, 0) is 0 Å². The maximum absolute atomic E-state index is 9.78. The van der Waals surface area contributed by atoms with Gasteiger partial charge in [0.1, 0.15) is 0 Å². The first-order valence-electron chi connectivity index (χ1n) is 1.32. The van der Waals surface area contributed by atoms with Gasteiger partial charge in [-0.2, -0.15) is 0 Å². The largest absolute Gasteiger partial charge is 0.823 e. The molecule has 0 N–H and O–H groups in total. The molecule has 0 aliphatic carbocycles. The Morgan fingerprint density at radius 2 is 2.00 bits per heavy atom. The minimum Gasteiger partial charge on any atom is -0.823 e. The van der Waals surface area contributed by atoms with E-state index in [1.54, 1.807) is 13.2 Å². The molecule has 0 unspecified atom stereocenters. The summed E-state index contributed by atoms with van der Waals surface area (Å²) in [5, 5.41) is 9.95. The van der Waals surface area contributed by atoms with E-state index in [1.807, 2.05) is 0 Å². The lowest BCUT2D eigenvalue weighted by molar-refractivity contribution is -0.209. The standard InChI is InChI=1S/C3H7OS/c1-3(4)5-2/h4H,1-2H3/p-1. The Labute approximate surface area is 35.6 Å². The first kappa shape index (κ1) is 5.05. The smallest absolute Gasteiger partial charge is 0.00271 e. The Morgan fingerprint density at radius 3 is 2.00 bits per heavy atom. The summed E-state index contributed by atoms with van der Waals surface area (Å²) in [6, 6.07) is 0. The average Bonchev–Trinajstić information content (AvgIpc) is 1.38. The first-order valence-corrected chi connectivity index (χ1v) is 2.54. The highest BCUT2D eigenvalue weighted by Gasteiger charge is 1.48. The van der Waals surface area contributed by atoms with Crippen molar-refractivity contribution in [3.8, 4) is 0 Å². The highest BCUT2D eigenvalue weighted by atomic mass is 32.1. The molecule has 0 saturated heterocycles. The van der Waals surface area contributed by atoms with E-state index in [0.717, 1.165) is 0 Å². The normalized spacial score (nSPS) is 12.2. The van der Waals surface area contributed by atoms with Gasteiger partial charge in [0.15, 0.2) is 0 Å². The van der Waals surface area contributed by atoms with Crippen LogP contribution in [0, 0.1) is 0 Å². The lowest BCUT2D eigenvalue weighted by Crippen LogP contribution is -2.08. The van der Waals surface area contributed by atoms with Crippen LogP contribution >= 0.6 is 11.4 Å². The van der Waals surface area contributed by atoms with Gasteiger partial charge in [-0.25, -0.2) is 11.4 Å². The van der Waals surface area contributed by atoms with Crippen molar-refractivity contribution in [1.29, 1.82) is 0 Å².